The fraction of sp³-hybridized carbons (Fsp3) is 0.385. The van der Waals surface area contributed by atoms with Crippen LogP contribution >= 0.6 is 0 Å². The summed E-state index contributed by atoms with van der Waals surface area (Å²) in [6.07, 6.45) is 2.79. The lowest BCUT2D eigenvalue weighted by Gasteiger charge is -2.32. The van der Waals surface area contributed by atoms with Crippen LogP contribution in [0.25, 0.3) is 22.6 Å². The molecule has 1 atom stereocenters. The van der Waals surface area contributed by atoms with E-state index in [9.17, 15) is 9.90 Å². The van der Waals surface area contributed by atoms with Gasteiger partial charge in [0.2, 0.25) is 5.65 Å². The highest BCUT2D eigenvalue weighted by molar-refractivity contribution is 6.05. The molecule has 4 aromatic heterocycles. The number of nitrogens with one attached hydrogen (secondary N) is 1. The van der Waals surface area contributed by atoms with Crippen molar-refractivity contribution in [2.45, 2.75) is 25.9 Å². The van der Waals surface area contributed by atoms with Crippen molar-refractivity contribution < 1.29 is 23.5 Å². The number of aliphatic hydroxyl groups is 1. The molecule has 2 aliphatic heterocycles. The van der Waals surface area contributed by atoms with E-state index in [1.54, 1.807) is 24.4 Å². The number of aromatic nitrogens is 3. The van der Waals surface area contributed by atoms with Gasteiger partial charge in [0.1, 0.15) is 5.76 Å². The minimum absolute atomic E-state index is 0.167. The molecule has 2 fully saturated rings. The van der Waals surface area contributed by atoms with Crippen LogP contribution in [0.15, 0.2) is 45.4 Å². The minimum Gasteiger partial charge on any atom is -0.451 e. The Kier molecular flexibility index (Phi) is 6.23. The maximum Gasteiger partial charge on any atom is 0.300 e. The molecule has 6 rings (SSSR count). The quantitative estimate of drug-likeness (QED) is 0.418. The first kappa shape index (κ1) is 23.4. The summed E-state index contributed by atoms with van der Waals surface area (Å²) in [5, 5.41) is 13.2. The lowest BCUT2D eigenvalue weighted by atomic mass is 10.1. The molecular formula is C26H28N6O5. The van der Waals surface area contributed by atoms with Gasteiger partial charge in [0.15, 0.2) is 17.2 Å². The largest absolute Gasteiger partial charge is 0.451 e. The highest BCUT2D eigenvalue weighted by Crippen LogP contribution is 2.33. The zero-order valence-electron chi connectivity index (χ0n) is 20.5. The van der Waals surface area contributed by atoms with Crippen LogP contribution in [-0.4, -0.2) is 71.5 Å². The molecule has 2 N–H and O–H groups in total. The van der Waals surface area contributed by atoms with E-state index in [1.165, 1.54) is 0 Å². The first-order valence-corrected chi connectivity index (χ1v) is 12.4. The van der Waals surface area contributed by atoms with Crippen LogP contribution in [0.4, 0.5) is 17.5 Å². The van der Waals surface area contributed by atoms with Crippen LogP contribution in [0.2, 0.25) is 0 Å². The number of nitrogens with zero attached hydrogens (tertiary/aromatic N) is 5. The van der Waals surface area contributed by atoms with E-state index < -0.39 is 12.0 Å². The summed E-state index contributed by atoms with van der Waals surface area (Å²) in [5.41, 5.74) is 3.08. The predicted octanol–water partition coefficient (Wildman–Crippen LogP) is 3.24. The van der Waals surface area contributed by atoms with Gasteiger partial charge >= 0.3 is 0 Å². The average Bonchev–Trinajstić information content (AvgIpc) is 3.56. The molecule has 11 heteroatoms. The van der Waals surface area contributed by atoms with E-state index in [2.05, 4.69) is 15.3 Å². The van der Waals surface area contributed by atoms with Gasteiger partial charge in [-0.3, -0.25) is 9.78 Å². The molecule has 2 saturated heterocycles. The first-order chi connectivity index (χ1) is 18.0. The second kappa shape index (κ2) is 9.83. The molecule has 0 spiro atoms. The highest BCUT2D eigenvalue weighted by Gasteiger charge is 2.26. The van der Waals surface area contributed by atoms with Crippen molar-refractivity contribution in [3.8, 4) is 11.3 Å². The second-order valence-corrected chi connectivity index (χ2v) is 9.32. The lowest BCUT2D eigenvalue weighted by molar-refractivity contribution is 0.0997. The number of pyridine rings is 2. The van der Waals surface area contributed by atoms with Crippen molar-refractivity contribution >= 4 is 34.7 Å². The number of rotatable bonds is 5. The van der Waals surface area contributed by atoms with Crippen LogP contribution in [0.3, 0.4) is 0 Å². The third-order valence-corrected chi connectivity index (χ3v) is 6.59. The lowest BCUT2D eigenvalue weighted by Crippen LogP contribution is -2.39. The first-order valence-electron chi connectivity index (χ1n) is 12.4. The van der Waals surface area contributed by atoms with E-state index in [0.717, 1.165) is 24.1 Å². The maximum absolute atomic E-state index is 13.2. The number of fused-ring (bicyclic) bond motifs is 1. The molecule has 2 aliphatic rings. The van der Waals surface area contributed by atoms with Gasteiger partial charge in [0.25, 0.3) is 11.9 Å². The van der Waals surface area contributed by atoms with Crippen molar-refractivity contribution in [2.75, 3.05) is 54.5 Å². The minimum atomic E-state index is -0.465. The van der Waals surface area contributed by atoms with Crippen LogP contribution in [0.1, 0.15) is 29.1 Å². The standard InChI is InChI=1S/C26H28N6O5/c1-16-13-17(6-7-27-16)20-4-5-21(36-20)25(34)28-19-14-22-23(29-24(19)32-8-2-3-18(33)15-32)30-26(37-22)31-9-11-35-12-10-31/h4-7,13-14,18,33H,2-3,8-12,15H2,1H3,(H,28,34). The van der Waals surface area contributed by atoms with Gasteiger partial charge in [-0.1, -0.05) is 0 Å². The Morgan fingerprint density at radius 3 is 2.76 bits per heavy atom. The molecule has 4 aromatic rings. The van der Waals surface area contributed by atoms with Gasteiger partial charge in [-0.15, -0.1) is 0 Å². The van der Waals surface area contributed by atoms with Crippen LogP contribution < -0.4 is 15.1 Å². The second-order valence-electron chi connectivity index (χ2n) is 9.32. The van der Waals surface area contributed by atoms with Gasteiger partial charge in [0, 0.05) is 49.7 Å². The summed E-state index contributed by atoms with van der Waals surface area (Å²) >= 11 is 0. The molecule has 0 aromatic carbocycles. The molecule has 0 aliphatic carbocycles. The van der Waals surface area contributed by atoms with Gasteiger partial charge in [-0.05, 0) is 44.0 Å². The summed E-state index contributed by atoms with van der Waals surface area (Å²) < 4.78 is 17.3. The topological polar surface area (TPSA) is 130 Å². The van der Waals surface area contributed by atoms with Crippen molar-refractivity contribution in [1.29, 1.82) is 0 Å². The number of carbonyl (C=O) groups excluding carboxylic acids is 1. The van der Waals surface area contributed by atoms with Crippen LogP contribution in [0, 0.1) is 6.92 Å². The molecule has 1 amide bonds. The number of amides is 1. The molecule has 192 valence electrons. The Labute approximate surface area is 213 Å². The number of furan rings is 1. The Balaban J connectivity index is 1.32. The van der Waals surface area contributed by atoms with E-state index in [-0.39, 0.29) is 5.76 Å². The molecule has 37 heavy (non-hydrogen) atoms. The smallest absolute Gasteiger partial charge is 0.300 e. The fourth-order valence-electron chi connectivity index (χ4n) is 4.71. The third kappa shape index (κ3) is 4.87. The Morgan fingerprint density at radius 2 is 1.95 bits per heavy atom. The molecule has 6 heterocycles. The van der Waals surface area contributed by atoms with Crippen molar-refractivity contribution in [3.63, 3.8) is 0 Å². The maximum atomic E-state index is 13.2. The third-order valence-electron chi connectivity index (χ3n) is 6.59. The number of piperidine rings is 1. The molecule has 1 unspecified atom stereocenters. The van der Waals surface area contributed by atoms with Gasteiger partial charge in [-0.25, -0.2) is 4.98 Å². The molecule has 0 saturated carbocycles. The number of anilines is 3. The predicted molar refractivity (Wildman–Crippen MR) is 137 cm³/mol. The van der Waals surface area contributed by atoms with Gasteiger partial charge in [-0.2, -0.15) is 4.98 Å². The number of hydrogen-bond donors (Lipinski definition) is 2. The van der Waals surface area contributed by atoms with Crippen LogP contribution in [-0.2, 0) is 4.74 Å². The SMILES string of the molecule is Cc1cc(-c2ccc(C(=O)Nc3cc4oc(N5CCOCC5)nc4nc3N3CCCC(O)C3)o2)ccn1. The van der Waals surface area contributed by atoms with Crippen molar-refractivity contribution in [2.24, 2.45) is 0 Å². The van der Waals surface area contributed by atoms with Crippen molar-refractivity contribution in [3.05, 3.63) is 48.0 Å². The van der Waals surface area contributed by atoms with E-state index in [0.29, 0.717) is 73.9 Å². The van der Waals surface area contributed by atoms with E-state index >= 15 is 0 Å². The van der Waals surface area contributed by atoms with E-state index in [4.69, 9.17) is 18.6 Å². The fourth-order valence-corrected chi connectivity index (χ4v) is 4.71. The zero-order chi connectivity index (χ0) is 25.4. The summed E-state index contributed by atoms with van der Waals surface area (Å²) in [4.78, 5) is 30.8. The number of carbonyl (C=O) groups is 1. The average molecular weight is 505 g/mol. The normalized spacial score (nSPS) is 18.4. The molecule has 0 bridgehead atoms. The zero-order valence-corrected chi connectivity index (χ0v) is 20.5. The molecular weight excluding hydrogens is 476 g/mol. The Hall–Kier alpha value is -3.96. The Morgan fingerprint density at radius 1 is 1.08 bits per heavy atom. The number of aliphatic hydroxyl groups excluding tert-OH is 1. The number of aryl methyl sites for hydroxylation is 1. The number of hydrogen-bond acceptors (Lipinski definition) is 10. The number of ether oxygens (including phenoxy) is 1. The molecule has 0 radical (unpaired) electrons. The molecule has 11 nitrogen and oxygen atoms in total. The number of morpholine rings is 1. The van der Waals surface area contributed by atoms with Crippen LogP contribution in [0.5, 0.6) is 0 Å². The number of oxazole rings is 1. The summed E-state index contributed by atoms with van der Waals surface area (Å²) in [6.45, 7) is 5.60. The van der Waals surface area contributed by atoms with Gasteiger partial charge < -0.3 is 33.8 Å². The summed E-state index contributed by atoms with van der Waals surface area (Å²) in [5.74, 6) is 0.873. The van der Waals surface area contributed by atoms with Crippen molar-refractivity contribution in [1.82, 2.24) is 15.0 Å². The Bertz CT molecular complexity index is 1430. The highest BCUT2D eigenvalue weighted by atomic mass is 16.5. The summed E-state index contributed by atoms with van der Waals surface area (Å²) in [7, 11) is 0. The monoisotopic (exact) mass is 504 g/mol. The van der Waals surface area contributed by atoms with Gasteiger partial charge in [0.05, 0.1) is 25.0 Å². The summed E-state index contributed by atoms with van der Waals surface area (Å²) in [6, 6.07) is 9.35. The number of β-amino-alcohol motifs (C(OH)–C–C–N with tert-alkyl or cyclic N) is 1. The van der Waals surface area contributed by atoms with E-state index in [1.807, 2.05) is 28.9 Å².